The van der Waals surface area contributed by atoms with Gasteiger partial charge in [0.1, 0.15) is 5.75 Å². The van der Waals surface area contributed by atoms with Crippen LogP contribution in [0.3, 0.4) is 0 Å². The molecule has 1 aliphatic heterocycles. The average molecular weight is 279 g/mol. The van der Waals surface area contributed by atoms with Crippen molar-refractivity contribution < 1.29 is 14.6 Å². The molecule has 1 aliphatic rings. The zero-order valence-corrected chi connectivity index (χ0v) is 11.4. The van der Waals surface area contributed by atoms with Crippen LogP contribution in [0.5, 0.6) is 5.75 Å². The maximum absolute atomic E-state index is 11.3. The third kappa shape index (κ3) is 3.77. The van der Waals surface area contributed by atoms with Crippen molar-refractivity contribution in [2.75, 3.05) is 36.1 Å². The van der Waals surface area contributed by atoms with Crippen molar-refractivity contribution in [2.24, 2.45) is 0 Å². The Bertz CT molecular complexity index is 477. The monoisotopic (exact) mass is 279 g/mol. The summed E-state index contributed by atoms with van der Waals surface area (Å²) in [5.74, 6) is 0.452. The predicted octanol–water partition coefficient (Wildman–Crippen LogP) is 1.56. The molecule has 0 atom stereocenters. The van der Waals surface area contributed by atoms with Gasteiger partial charge in [0.05, 0.1) is 17.1 Å². The van der Waals surface area contributed by atoms with E-state index in [-0.39, 0.29) is 19.1 Å². The normalized spacial score (nSPS) is 13.3. The first-order valence-electron chi connectivity index (χ1n) is 6.91. The van der Waals surface area contributed by atoms with Gasteiger partial charge in [-0.15, -0.1) is 0 Å². The minimum Gasteiger partial charge on any atom is -0.482 e. The second-order valence-electron chi connectivity index (χ2n) is 4.84. The fourth-order valence-corrected chi connectivity index (χ4v) is 2.11. The van der Waals surface area contributed by atoms with E-state index in [1.54, 1.807) is 12.1 Å². The highest BCUT2D eigenvalue weighted by molar-refractivity contribution is 5.97. The fraction of sp³-hybridized carbons (Fsp3) is 0.500. The number of anilines is 3. The molecule has 0 spiro atoms. The molecule has 1 aromatic rings. The van der Waals surface area contributed by atoms with Gasteiger partial charge in [0.25, 0.3) is 5.91 Å². The molecule has 110 valence electrons. The molecule has 6 heteroatoms. The summed E-state index contributed by atoms with van der Waals surface area (Å²) in [6, 6.07) is 3.53. The van der Waals surface area contributed by atoms with Crippen molar-refractivity contribution in [3.63, 3.8) is 0 Å². The molecule has 0 unspecified atom stereocenters. The highest BCUT2D eigenvalue weighted by Gasteiger charge is 2.17. The zero-order valence-electron chi connectivity index (χ0n) is 11.4. The Morgan fingerprint density at radius 2 is 2.10 bits per heavy atom. The van der Waals surface area contributed by atoms with E-state index in [2.05, 4.69) is 10.6 Å². The minimum absolute atomic E-state index is 0.0318. The summed E-state index contributed by atoms with van der Waals surface area (Å²) in [4.78, 5) is 11.3. The molecule has 2 rings (SSSR count). The van der Waals surface area contributed by atoms with Gasteiger partial charge >= 0.3 is 0 Å². The van der Waals surface area contributed by atoms with Crippen LogP contribution < -0.4 is 21.1 Å². The van der Waals surface area contributed by atoms with Crippen molar-refractivity contribution >= 4 is 23.0 Å². The molecule has 0 fully saturated rings. The molecule has 0 bridgehead atoms. The number of nitrogens with two attached hydrogens (primary N) is 1. The summed E-state index contributed by atoms with van der Waals surface area (Å²) in [6.07, 6.45) is 3.96. The molecular weight excluding hydrogens is 258 g/mol. The molecule has 1 aromatic carbocycles. The van der Waals surface area contributed by atoms with E-state index in [1.165, 1.54) is 0 Å². The van der Waals surface area contributed by atoms with Crippen LogP contribution in [0, 0.1) is 0 Å². The Labute approximate surface area is 118 Å². The van der Waals surface area contributed by atoms with Crippen molar-refractivity contribution in [1.82, 2.24) is 0 Å². The van der Waals surface area contributed by atoms with E-state index >= 15 is 0 Å². The quantitative estimate of drug-likeness (QED) is 0.449. The standard InChI is InChI=1S/C14H21N3O3/c15-10-7-13-12(17-14(19)9-20-13)8-11(10)16-5-3-1-2-4-6-18/h7-8,16,18H,1-6,9,15H2,(H,17,19). The lowest BCUT2D eigenvalue weighted by molar-refractivity contribution is -0.118. The van der Waals surface area contributed by atoms with Crippen LogP contribution in [0.25, 0.3) is 0 Å². The number of hydrogen-bond donors (Lipinski definition) is 4. The first-order valence-corrected chi connectivity index (χ1v) is 6.91. The molecule has 6 nitrogen and oxygen atoms in total. The Morgan fingerprint density at radius 1 is 1.30 bits per heavy atom. The molecule has 0 saturated carbocycles. The molecule has 0 aliphatic carbocycles. The molecule has 0 radical (unpaired) electrons. The maximum atomic E-state index is 11.3. The summed E-state index contributed by atoms with van der Waals surface area (Å²) >= 11 is 0. The first-order chi connectivity index (χ1) is 9.70. The van der Waals surface area contributed by atoms with Crippen LogP contribution in [0.15, 0.2) is 12.1 Å². The van der Waals surface area contributed by atoms with Crippen LogP contribution in [-0.4, -0.2) is 30.8 Å². The number of unbranched alkanes of at least 4 members (excludes halogenated alkanes) is 3. The van der Waals surface area contributed by atoms with Crippen LogP contribution in [0.2, 0.25) is 0 Å². The highest BCUT2D eigenvalue weighted by Crippen LogP contribution is 2.35. The zero-order chi connectivity index (χ0) is 14.4. The van der Waals surface area contributed by atoms with Crippen molar-refractivity contribution in [2.45, 2.75) is 25.7 Å². The van der Waals surface area contributed by atoms with Crippen molar-refractivity contribution in [1.29, 1.82) is 0 Å². The van der Waals surface area contributed by atoms with Gasteiger partial charge < -0.3 is 26.2 Å². The first kappa shape index (κ1) is 14.5. The van der Waals surface area contributed by atoms with E-state index in [9.17, 15) is 4.79 Å². The van der Waals surface area contributed by atoms with Gasteiger partial charge in [-0.3, -0.25) is 4.79 Å². The third-order valence-electron chi connectivity index (χ3n) is 3.18. The lowest BCUT2D eigenvalue weighted by Crippen LogP contribution is -2.25. The highest BCUT2D eigenvalue weighted by atomic mass is 16.5. The molecule has 1 heterocycles. The van der Waals surface area contributed by atoms with Gasteiger partial charge in [-0.05, 0) is 18.9 Å². The number of carbonyl (C=O) groups is 1. The van der Waals surface area contributed by atoms with Crippen molar-refractivity contribution in [3.8, 4) is 5.75 Å². The number of nitrogen functional groups attached to an aromatic ring is 1. The number of carbonyl (C=O) groups excluding carboxylic acids is 1. The van der Waals surface area contributed by atoms with Gasteiger partial charge in [0.15, 0.2) is 6.61 Å². The van der Waals surface area contributed by atoms with Gasteiger partial charge in [-0.1, -0.05) is 12.8 Å². The lowest BCUT2D eigenvalue weighted by atomic mass is 10.1. The Balaban J connectivity index is 1.88. The van der Waals surface area contributed by atoms with E-state index in [0.717, 1.165) is 37.9 Å². The fourth-order valence-electron chi connectivity index (χ4n) is 2.11. The van der Waals surface area contributed by atoms with Gasteiger partial charge in [0.2, 0.25) is 0 Å². The minimum atomic E-state index is -0.155. The van der Waals surface area contributed by atoms with Crippen LogP contribution in [0.4, 0.5) is 17.1 Å². The smallest absolute Gasteiger partial charge is 0.262 e. The predicted molar refractivity (Wildman–Crippen MR) is 79.0 cm³/mol. The number of nitrogens with one attached hydrogen (secondary N) is 2. The average Bonchev–Trinajstić information content (AvgIpc) is 2.43. The number of rotatable bonds is 7. The van der Waals surface area contributed by atoms with E-state index in [1.807, 2.05) is 0 Å². The molecule has 0 saturated heterocycles. The number of ether oxygens (including phenoxy) is 1. The number of hydrogen-bond acceptors (Lipinski definition) is 5. The summed E-state index contributed by atoms with van der Waals surface area (Å²) in [7, 11) is 0. The second kappa shape index (κ2) is 7.00. The molecular formula is C14H21N3O3. The lowest BCUT2D eigenvalue weighted by Gasteiger charge is -2.20. The third-order valence-corrected chi connectivity index (χ3v) is 3.18. The molecule has 0 aromatic heterocycles. The number of aliphatic hydroxyl groups excluding tert-OH is 1. The Kier molecular flexibility index (Phi) is 5.06. The SMILES string of the molecule is Nc1cc2c(cc1NCCCCCCO)NC(=O)CO2. The van der Waals surface area contributed by atoms with Crippen LogP contribution in [-0.2, 0) is 4.79 Å². The topological polar surface area (TPSA) is 96.6 Å². The van der Waals surface area contributed by atoms with Gasteiger partial charge in [0, 0.05) is 19.2 Å². The van der Waals surface area contributed by atoms with E-state index in [4.69, 9.17) is 15.6 Å². The number of fused-ring (bicyclic) bond motifs is 1. The second-order valence-corrected chi connectivity index (χ2v) is 4.84. The van der Waals surface area contributed by atoms with E-state index < -0.39 is 0 Å². The Morgan fingerprint density at radius 3 is 2.90 bits per heavy atom. The van der Waals surface area contributed by atoms with Crippen LogP contribution in [0.1, 0.15) is 25.7 Å². The summed E-state index contributed by atoms with van der Waals surface area (Å²) in [6.45, 7) is 1.10. The maximum Gasteiger partial charge on any atom is 0.262 e. The Hall–Kier alpha value is -1.95. The molecule has 1 amide bonds. The summed E-state index contributed by atoms with van der Waals surface area (Å²) in [5, 5.41) is 14.7. The largest absolute Gasteiger partial charge is 0.482 e. The van der Waals surface area contributed by atoms with Crippen molar-refractivity contribution in [3.05, 3.63) is 12.1 Å². The molecule has 20 heavy (non-hydrogen) atoms. The van der Waals surface area contributed by atoms with Crippen LogP contribution >= 0.6 is 0 Å². The van der Waals surface area contributed by atoms with E-state index in [0.29, 0.717) is 17.1 Å². The number of amides is 1. The number of aliphatic hydroxyl groups is 1. The number of benzene rings is 1. The molecule has 5 N–H and O–H groups in total. The summed E-state index contributed by atoms with van der Waals surface area (Å²) < 4.78 is 5.30. The van der Waals surface area contributed by atoms with Gasteiger partial charge in [-0.25, -0.2) is 0 Å². The summed E-state index contributed by atoms with van der Waals surface area (Å²) in [5.41, 5.74) is 8.01. The van der Waals surface area contributed by atoms with Gasteiger partial charge in [-0.2, -0.15) is 0 Å².